The SMILES string of the molecule is CNCC(C)OC(=O)Nc1cc(-c2ccc3nc(NC(=O)CCCCCCCCCCC(=O)N[C@H](C(=O)N4C[C@H](O)C[C@H]4C(=O)NCc4ccc(-c5scnc5C)cc4)C(C)(C)C)sc3c2)cnc1C. The van der Waals surface area contributed by atoms with Crippen molar-refractivity contribution >= 4 is 73.4 Å². The van der Waals surface area contributed by atoms with Crippen LogP contribution >= 0.6 is 22.7 Å². The van der Waals surface area contributed by atoms with Crippen LogP contribution in [0.15, 0.2) is 60.2 Å². The van der Waals surface area contributed by atoms with E-state index in [1.807, 2.05) is 95.6 Å². The number of likely N-dealkylation sites (tertiary alicyclic amines) is 1. The Bertz CT molecular complexity index is 2570. The van der Waals surface area contributed by atoms with E-state index in [9.17, 15) is 29.1 Å². The van der Waals surface area contributed by atoms with Crippen molar-refractivity contribution in [1.82, 2.24) is 35.8 Å². The number of aryl methyl sites for hydroxylation is 2. The predicted octanol–water partition coefficient (Wildman–Crippen LogP) is 8.90. The van der Waals surface area contributed by atoms with Gasteiger partial charge >= 0.3 is 6.09 Å². The molecule has 1 unspecified atom stereocenters. The summed E-state index contributed by atoms with van der Waals surface area (Å²) < 4.78 is 6.31. The summed E-state index contributed by atoms with van der Waals surface area (Å²) in [5.74, 6) is -0.987. The van der Waals surface area contributed by atoms with Gasteiger partial charge in [0.2, 0.25) is 23.6 Å². The molecule has 1 aliphatic heterocycles. The predicted molar refractivity (Wildman–Crippen MR) is 278 cm³/mol. The molecule has 0 radical (unpaired) electrons. The Morgan fingerprint density at radius 1 is 0.843 bits per heavy atom. The number of hydrogen-bond donors (Lipinski definition) is 6. The third kappa shape index (κ3) is 15.3. The van der Waals surface area contributed by atoms with E-state index in [1.165, 1.54) is 16.2 Å². The Hall–Kier alpha value is -5.82. The number of aliphatic hydroxyl groups excluding tert-OH is 1. The number of aromatic nitrogens is 3. The van der Waals surface area contributed by atoms with Crippen LogP contribution in [0, 0.1) is 19.3 Å². The number of benzene rings is 2. The lowest BCUT2D eigenvalue weighted by molar-refractivity contribution is -0.144. The van der Waals surface area contributed by atoms with Crippen LogP contribution in [-0.2, 0) is 30.5 Å². The minimum absolute atomic E-state index is 0.0244. The molecule has 5 aromatic rings. The van der Waals surface area contributed by atoms with Crippen LogP contribution in [0.25, 0.3) is 31.8 Å². The van der Waals surface area contributed by atoms with Gasteiger partial charge in [0.05, 0.1) is 43.8 Å². The smallest absolute Gasteiger partial charge is 0.411 e. The molecule has 1 saturated heterocycles. The first kappa shape index (κ1) is 53.5. The van der Waals surface area contributed by atoms with Gasteiger partial charge in [-0.3, -0.25) is 29.5 Å². The highest BCUT2D eigenvalue weighted by molar-refractivity contribution is 7.22. The van der Waals surface area contributed by atoms with Gasteiger partial charge in [0, 0.05) is 50.7 Å². The highest BCUT2D eigenvalue weighted by Crippen LogP contribution is 2.33. The molecule has 1 fully saturated rings. The second kappa shape index (κ2) is 25.3. The minimum Gasteiger partial charge on any atom is -0.445 e. The molecule has 6 rings (SSSR count). The molecular formula is C52H69N9O7S2. The van der Waals surface area contributed by atoms with Crippen LogP contribution in [0.3, 0.4) is 0 Å². The molecule has 376 valence electrons. The van der Waals surface area contributed by atoms with Crippen molar-refractivity contribution in [2.24, 2.45) is 5.41 Å². The lowest BCUT2D eigenvalue weighted by Gasteiger charge is -2.35. The normalized spacial score (nSPS) is 15.6. The van der Waals surface area contributed by atoms with Crippen molar-refractivity contribution in [3.63, 3.8) is 0 Å². The number of rotatable bonds is 23. The van der Waals surface area contributed by atoms with Gasteiger partial charge in [-0.15, -0.1) is 11.3 Å². The number of fused-ring (bicyclic) bond motifs is 1. The molecule has 2 aromatic carbocycles. The number of anilines is 2. The Morgan fingerprint density at radius 3 is 2.17 bits per heavy atom. The Labute approximate surface area is 419 Å². The first-order valence-electron chi connectivity index (χ1n) is 24.3. The van der Waals surface area contributed by atoms with Crippen molar-refractivity contribution in [1.29, 1.82) is 0 Å². The fraction of sp³-hybridized carbons (Fsp3) is 0.500. The lowest BCUT2D eigenvalue weighted by Crippen LogP contribution is -2.57. The number of likely N-dealkylation sites (N-methyl/N-ethyl adjacent to an activating group) is 1. The van der Waals surface area contributed by atoms with Crippen LogP contribution in [-0.4, -0.2) is 99.1 Å². The summed E-state index contributed by atoms with van der Waals surface area (Å²) in [4.78, 5) is 81.8. The monoisotopic (exact) mass is 995 g/mol. The van der Waals surface area contributed by atoms with Crippen molar-refractivity contribution in [3.05, 3.63) is 77.2 Å². The van der Waals surface area contributed by atoms with E-state index in [0.717, 1.165) is 88.0 Å². The van der Waals surface area contributed by atoms with E-state index in [0.29, 0.717) is 35.9 Å². The number of nitrogens with zero attached hydrogens (tertiary/aromatic N) is 4. The Balaban J connectivity index is 0.854. The van der Waals surface area contributed by atoms with E-state index in [4.69, 9.17) is 4.74 Å². The second-order valence-electron chi connectivity index (χ2n) is 19.3. The van der Waals surface area contributed by atoms with Gasteiger partial charge in [-0.05, 0) is 81.0 Å². The summed E-state index contributed by atoms with van der Waals surface area (Å²) in [6, 6.07) is 13.9. The average molecular weight is 996 g/mol. The summed E-state index contributed by atoms with van der Waals surface area (Å²) >= 11 is 2.99. The number of pyridine rings is 1. The number of ether oxygens (including phenoxy) is 1. The highest BCUT2D eigenvalue weighted by Gasteiger charge is 2.44. The number of aliphatic hydroxyl groups is 1. The highest BCUT2D eigenvalue weighted by atomic mass is 32.1. The number of unbranched alkanes of at least 4 members (excludes halogenated alkanes) is 7. The number of nitrogens with one attached hydrogen (secondary N) is 5. The summed E-state index contributed by atoms with van der Waals surface area (Å²) in [5.41, 5.74) is 7.87. The molecule has 18 heteroatoms. The zero-order valence-corrected chi connectivity index (χ0v) is 43.1. The van der Waals surface area contributed by atoms with Gasteiger partial charge in [0.15, 0.2) is 5.13 Å². The minimum atomic E-state index is -0.862. The maximum Gasteiger partial charge on any atom is 0.411 e. The van der Waals surface area contributed by atoms with Crippen molar-refractivity contribution in [2.75, 3.05) is 30.8 Å². The number of carbonyl (C=O) groups excluding carboxylic acids is 5. The fourth-order valence-electron chi connectivity index (χ4n) is 8.45. The first-order chi connectivity index (χ1) is 33.5. The van der Waals surface area contributed by atoms with Gasteiger partial charge < -0.3 is 36.0 Å². The van der Waals surface area contributed by atoms with E-state index in [-0.39, 0.29) is 55.7 Å². The topological polar surface area (TPSA) is 217 Å². The zero-order chi connectivity index (χ0) is 50.4. The maximum absolute atomic E-state index is 14.0. The summed E-state index contributed by atoms with van der Waals surface area (Å²) in [6.07, 6.45) is 8.27. The van der Waals surface area contributed by atoms with Crippen molar-refractivity contribution in [3.8, 4) is 21.6 Å². The quantitative estimate of drug-likeness (QED) is 0.0340. The van der Waals surface area contributed by atoms with E-state index >= 15 is 0 Å². The average Bonchev–Trinajstić information content (AvgIpc) is 4.05. The Kier molecular flexibility index (Phi) is 19.4. The molecule has 0 saturated carbocycles. The van der Waals surface area contributed by atoms with Crippen LogP contribution in [0.1, 0.15) is 115 Å². The third-order valence-corrected chi connectivity index (χ3v) is 14.3. The van der Waals surface area contributed by atoms with Gasteiger partial charge in [-0.2, -0.15) is 0 Å². The molecule has 0 aliphatic carbocycles. The summed E-state index contributed by atoms with van der Waals surface area (Å²) in [5, 5.41) is 25.8. The molecule has 0 bridgehead atoms. The van der Waals surface area contributed by atoms with Crippen molar-refractivity contribution in [2.45, 2.75) is 143 Å². The molecule has 5 amide bonds. The molecule has 0 spiro atoms. The Morgan fingerprint density at radius 2 is 1.51 bits per heavy atom. The summed E-state index contributed by atoms with van der Waals surface area (Å²) in [6.45, 7) is 12.1. The third-order valence-electron chi connectivity index (χ3n) is 12.4. The number of hydrogen-bond acceptors (Lipinski definition) is 13. The van der Waals surface area contributed by atoms with Crippen LogP contribution in [0.4, 0.5) is 15.6 Å². The van der Waals surface area contributed by atoms with Gasteiger partial charge in [-0.1, -0.05) is 101 Å². The van der Waals surface area contributed by atoms with E-state index in [1.54, 1.807) is 24.6 Å². The number of β-amino-alcohol motifs (C(OH)–C–C–N with tert-alkyl or cyclic N) is 1. The molecule has 3 aromatic heterocycles. The van der Waals surface area contributed by atoms with Crippen molar-refractivity contribution < 1.29 is 33.8 Å². The van der Waals surface area contributed by atoms with E-state index in [2.05, 4.69) is 41.5 Å². The molecule has 16 nitrogen and oxygen atoms in total. The number of amides is 5. The zero-order valence-electron chi connectivity index (χ0n) is 41.5. The number of carbonyl (C=O) groups is 5. The van der Waals surface area contributed by atoms with E-state index < -0.39 is 29.7 Å². The number of thiazole rings is 2. The lowest BCUT2D eigenvalue weighted by atomic mass is 9.85. The maximum atomic E-state index is 14.0. The molecule has 1 aliphatic rings. The standard InChI is InChI=1S/C52H69N9O7S2/c1-32(27-53-7)68-51(67)58-41-24-38(29-54-33(41)2)37-22-23-40-43(25-37)70-50(57-40)60-45(64)17-15-13-11-9-8-10-12-14-16-44(63)59-47(52(4,5)6)49(66)61-30-39(62)26-42(61)48(65)55-28-35-18-20-36(21-19-35)46-34(3)56-31-69-46/h18-25,29,31-32,39,42,47,53,62H,8-17,26-28,30H2,1-7H3,(H,55,65)(H,58,67)(H,59,63)(H,57,60,64)/t32?,39-,42+,47-/m1/s1. The van der Waals surface area contributed by atoms with Gasteiger partial charge in [-0.25, -0.2) is 14.8 Å². The molecule has 4 heterocycles. The van der Waals surface area contributed by atoms with Crippen LogP contribution < -0.4 is 26.6 Å². The fourth-order valence-corrected chi connectivity index (χ4v) is 10.2. The van der Waals surface area contributed by atoms with Gasteiger partial charge in [0.1, 0.15) is 18.2 Å². The molecule has 70 heavy (non-hydrogen) atoms. The summed E-state index contributed by atoms with van der Waals surface area (Å²) in [7, 11) is 1.80. The van der Waals surface area contributed by atoms with Crippen LogP contribution in [0.5, 0.6) is 0 Å². The molecule has 6 N–H and O–H groups in total. The van der Waals surface area contributed by atoms with Gasteiger partial charge in [0.25, 0.3) is 0 Å². The first-order valence-corrected chi connectivity index (χ1v) is 26.0. The van der Waals surface area contributed by atoms with Crippen LogP contribution in [0.2, 0.25) is 0 Å². The second-order valence-corrected chi connectivity index (χ2v) is 21.2. The largest absolute Gasteiger partial charge is 0.445 e. The molecule has 4 atom stereocenters. The molecular weight excluding hydrogens is 927 g/mol.